The minimum Gasteiger partial charge on any atom is -0.394 e. The van der Waals surface area contributed by atoms with Crippen LogP contribution in [-0.2, 0) is 0 Å². The molecule has 3 N–H and O–H groups in total. The lowest BCUT2D eigenvalue weighted by Crippen LogP contribution is -2.38. The van der Waals surface area contributed by atoms with Crippen LogP contribution in [0.2, 0.25) is 0 Å². The van der Waals surface area contributed by atoms with Gasteiger partial charge in [-0.25, -0.2) is 4.79 Å². The smallest absolute Gasteiger partial charge is 0.320 e. The maximum absolute atomic E-state index is 11.6. The van der Waals surface area contributed by atoms with E-state index < -0.39 is 0 Å². The summed E-state index contributed by atoms with van der Waals surface area (Å²) in [7, 11) is 0. The molecule has 2 aromatic rings. The number of urea groups is 1. The number of aliphatic hydroxyl groups is 1. The summed E-state index contributed by atoms with van der Waals surface area (Å²) < 4.78 is 1.79. The van der Waals surface area contributed by atoms with Gasteiger partial charge in [0.1, 0.15) is 0 Å². The third-order valence-corrected chi connectivity index (χ3v) is 3.18. The molecule has 2 rings (SSSR count). The van der Waals surface area contributed by atoms with E-state index in [2.05, 4.69) is 15.7 Å². The molecule has 0 saturated heterocycles. The van der Waals surface area contributed by atoms with Crippen LogP contribution >= 0.6 is 0 Å². The Bertz CT molecular complexity index is 582. The second-order valence-electron chi connectivity index (χ2n) is 4.95. The van der Waals surface area contributed by atoms with Gasteiger partial charge in [-0.05, 0) is 19.4 Å². The molecule has 0 bridgehead atoms. The standard InChI is InChI=1S/C15H20N4O2/c1-11(10-20)16-15(21)17-14-8-9-19(18-14)12(2)13-6-4-3-5-7-13/h3-9,11-12,20H,10H2,1-2H3,(H2,16,17,18,21). The average Bonchev–Trinajstić information content (AvgIpc) is 2.95. The van der Waals surface area contributed by atoms with Crippen LogP contribution in [0.3, 0.4) is 0 Å². The fourth-order valence-electron chi connectivity index (χ4n) is 1.93. The normalized spacial score (nSPS) is 13.5. The molecule has 0 saturated carbocycles. The summed E-state index contributed by atoms with van der Waals surface area (Å²) in [6.45, 7) is 3.66. The molecule has 0 aliphatic rings. The van der Waals surface area contributed by atoms with Crippen molar-refractivity contribution in [2.24, 2.45) is 0 Å². The monoisotopic (exact) mass is 288 g/mol. The minimum atomic E-state index is -0.380. The number of nitrogens with one attached hydrogen (secondary N) is 2. The molecule has 0 aliphatic carbocycles. The molecule has 2 unspecified atom stereocenters. The minimum absolute atomic E-state index is 0.0844. The lowest BCUT2D eigenvalue weighted by Gasteiger charge is -2.13. The Labute approximate surface area is 123 Å². The molecule has 112 valence electrons. The molecule has 0 radical (unpaired) electrons. The number of nitrogens with zero attached hydrogens (tertiary/aromatic N) is 2. The Kier molecular flexibility index (Phi) is 4.94. The predicted octanol–water partition coefficient (Wildman–Crippen LogP) is 1.99. The van der Waals surface area contributed by atoms with Gasteiger partial charge in [-0.15, -0.1) is 0 Å². The van der Waals surface area contributed by atoms with E-state index in [9.17, 15) is 4.79 Å². The molecule has 0 aliphatic heterocycles. The van der Waals surface area contributed by atoms with Crippen molar-refractivity contribution in [3.8, 4) is 0 Å². The van der Waals surface area contributed by atoms with E-state index in [1.807, 2.05) is 43.5 Å². The van der Waals surface area contributed by atoms with E-state index in [1.165, 1.54) is 0 Å². The number of rotatable bonds is 5. The fraction of sp³-hybridized carbons (Fsp3) is 0.333. The highest BCUT2D eigenvalue weighted by molar-refractivity contribution is 5.88. The van der Waals surface area contributed by atoms with Crippen molar-refractivity contribution in [2.75, 3.05) is 11.9 Å². The molecule has 2 atom stereocenters. The summed E-state index contributed by atoms with van der Waals surface area (Å²) in [5.41, 5.74) is 1.14. The third kappa shape index (κ3) is 4.06. The van der Waals surface area contributed by atoms with Gasteiger partial charge in [-0.2, -0.15) is 5.10 Å². The van der Waals surface area contributed by atoms with Gasteiger partial charge >= 0.3 is 6.03 Å². The van der Waals surface area contributed by atoms with Crippen LogP contribution in [0.25, 0.3) is 0 Å². The number of carbonyl (C=O) groups excluding carboxylic acids is 1. The van der Waals surface area contributed by atoms with Gasteiger partial charge in [0.15, 0.2) is 5.82 Å². The molecule has 1 aromatic heterocycles. The van der Waals surface area contributed by atoms with Crippen molar-refractivity contribution in [1.82, 2.24) is 15.1 Å². The molecule has 6 nitrogen and oxygen atoms in total. The highest BCUT2D eigenvalue weighted by Gasteiger charge is 2.11. The number of aliphatic hydroxyl groups excluding tert-OH is 1. The SMILES string of the molecule is CC(CO)NC(=O)Nc1ccn(C(C)c2ccccc2)n1. The molecular weight excluding hydrogens is 268 g/mol. The van der Waals surface area contributed by atoms with Crippen molar-refractivity contribution >= 4 is 11.8 Å². The Morgan fingerprint density at radius 2 is 2.00 bits per heavy atom. The number of anilines is 1. The molecule has 0 fully saturated rings. The van der Waals surface area contributed by atoms with E-state index in [-0.39, 0.29) is 24.7 Å². The van der Waals surface area contributed by atoms with Crippen LogP contribution < -0.4 is 10.6 Å². The molecule has 2 amide bonds. The van der Waals surface area contributed by atoms with Crippen LogP contribution in [0, 0.1) is 0 Å². The largest absolute Gasteiger partial charge is 0.394 e. The van der Waals surface area contributed by atoms with Gasteiger partial charge in [0, 0.05) is 12.3 Å². The molecule has 0 spiro atoms. The zero-order chi connectivity index (χ0) is 15.2. The first-order valence-electron chi connectivity index (χ1n) is 6.88. The maximum atomic E-state index is 11.6. The number of benzene rings is 1. The van der Waals surface area contributed by atoms with E-state index in [1.54, 1.807) is 17.7 Å². The first-order valence-corrected chi connectivity index (χ1v) is 6.88. The Hall–Kier alpha value is -2.34. The van der Waals surface area contributed by atoms with Crippen molar-refractivity contribution < 1.29 is 9.90 Å². The molecule has 21 heavy (non-hydrogen) atoms. The number of carbonyl (C=O) groups is 1. The third-order valence-electron chi connectivity index (χ3n) is 3.18. The van der Waals surface area contributed by atoms with Gasteiger partial charge in [0.2, 0.25) is 0 Å². The number of amides is 2. The highest BCUT2D eigenvalue weighted by Crippen LogP contribution is 2.17. The van der Waals surface area contributed by atoms with Crippen LogP contribution in [-0.4, -0.2) is 33.6 Å². The van der Waals surface area contributed by atoms with Gasteiger partial charge in [0.05, 0.1) is 18.7 Å². The van der Waals surface area contributed by atoms with Crippen LogP contribution in [0.5, 0.6) is 0 Å². The number of hydrogen-bond acceptors (Lipinski definition) is 3. The lowest BCUT2D eigenvalue weighted by molar-refractivity contribution is 0.229. The van der Waals surface area contributed by atoms with Crippen LogP contribution in [0.15, 0.2) is 42.6 Å². The summed E-state index contributed by atoms with van der Waals surface area (Å²) in [5.74, 6) is 0.473. The highest BCUT2D eigenvalue weighted by atomic mass is 16.3. The average molecular weight is 288 g/mol. The zero-order valence-electron chi connectivity index (χ0n) is 12.2. The Morgan fingerprint density at radius 1 is 1.29 bits per heavy atom. The zero-order valence-corrected chi connectivity index (χ0v) is 12.2. The summed E-state index contributed by atoms with van der Waals surface area (Å²) in [6.07, 6.45) is 1.82. The quantitative estimate of drug-likeness (QED) is 0.787. The van der Waals surface area contributed by atoms with Gasteiger partial charge in [-0.1, -0.05) is 30.3 Å². The summed E-state index contributed by atoms with van der Waals surface area (Å²) in [5, 5.41) is 18.5. The van der Waals surface area contributed by atoms with Crippen molar-refractivity contribution in [2.45, 2.75) is 25.9 Å². The summed E-state index contributed by atoms with van der Waals surface area (Å²) in [6, 6.07) is 11.2. The summed E-state index contributed by atoms with van der Waals surface area (Å²) in [4.78, 5) is 11.6. The number of aromatic nitrogens is 2. The number of hydrogen-bond donors (Lipinski definition) is 3. The molecule has 1 heterocycles. The molecular formula is C15H20N4O2. The van der Waals surface area contributed by atoms with Crippen LogP contribution in [0.4, 0.5) is 10.6 Å². The second-order valence-corrected chi connectivity index (χ2v) is 4.95. The van der Waals surface area contributed by atoms with Gasteiger partial charge in [-0.3, -0.25) is 10.00 Å². The van der Waals surface area contributed by atoms with E-state index in [0.717, 1.165) is 5.56 Å². The first-order chi connectivity index (χ1) is 10.1. The topological polar surface area (TPSA) is 79.2 Å². The fourth-order valence-corrected chi connectivity index (χ4v) is 1.93. The molecule has 1 aromatic carbocycles. The van der Waals surface area contributed by atoms with Crippen LogP contribution in [0.1, 0.15) is 25.5 Å². The van der Waals surface area contributed by atoms with Crippen molar-refractivity contribution in [1.29, 1.82) is 0 Å². The van der Waals surface area contributed by atoms with E-state index in [4.69, 9.17) is 5.11 Å². The Balaban J connectivity index is 2.00. The van der Waals surface area contributed by atoms with Gasteiger partial charge in [0.25, 0.3) is 0 Å². The maximum Gasteiger partial charge on any atom is 0.320 e. The van der Waals surface area contributed by atoms with Crippen molar-refractivity contribution in [3.63, 3.8) is 0 Å². The van der Waals surface area contributed by atoms with E-state index >= 15 is 0 Å². The van der Waals surface area contributed by atoms with Gasteiger partial charge < -0.3 is 10.4 Å². The lowest BCUT2D eigenvalue weighted by atomic mass is 10.1. The van der Waals surface area contributed by atoms with Crippen molar-refractivity contribution in [3.05, 3.63) is 48.2 Å². The molecule has 6 heteroatoms. The predicted molar refractivity (Wildman–Crippen MR) is 81.2 cm³/mol. The first kappa shape index (κ1) is 15.1. The summed E-state index contributed by atoms with van der Waals surface area (Å²) >= 11 is 0. The van der Waals surface area contributed by atoms with E-state index in [0.29, 0.717) is 5.82 Å². The second kappa shape index (κ2) is 6.90. The Morgan fingerprint density at radius 3 is 2.67 bits per heavy atom.